The number of ether oxygens (including phenoxy) is 2. The molecule has 24 heavy (non-hydrogen) atoms. The van der Waals surface area contributed by atoms with Crippen molar-refractivity contribution in [3.05, 3.63) is 22.8 Å². The number of aliphatic hydroxyl groups is 1. The van der Waals surface area contributed by atoms with Crippen molar-refractivity contribution >= 4 is 5.78 Å². The van der Waals surface area contributed by atoms with Gasteiger partial charge in [-0.05, 0) is 62.5 Å². The van der Waals surface area contributed by atoms with Crippen LogP contribution in [0.15, 0.2) is 22.8 Å². The van der Waals surface area contributed by atoms with Crippen molar-refractivity contribution in [1.29, 1.82) is 0 Å². The van der Waals surface area contributed by atoms with Crippen LogP contribution in [0.4, 0.5) is 0 Å². The molecule has 0 aromatic heterocycles. The Kier molecular flexibility index (Phi) is 4.18. The first-order valence-corrected chi connectivity index (χ1v) is 9.40. The SMILES string of the molecule is C[C@]12CCC(=O)C(CC[C@]34CCCC=C3COCO4)=C1CC[C@@H]2O. The first kappa shape index (κ1) is 16.5. The van der Waals surface area contributed by atoms with Gasteiger partial charge in [-0.15, -0.1) is 0 Å². The molecular weight excluding hydrogens is 304 g/mol. The van der Waals surface area contributed by atoms with Crippen molar-refractivity contribution in [1.82, 2.24) is 0 Å². The molecule has 1 saturated carbocycles. The van der Waals surface area contributed by atoms with Gasteiger partial charge in [-0.25, -0.2) is 0 Å². The molecule has 4 nitrogen and oxygen atoms in total. The lowest BCUT2D eigenvalue weighted by atomic mass is 9.69. The molecule has 0 bridgehead atoms. The van der Waals surface area contributed by atoms with Gasteiger partial charge in [-0.1, -0.05) is 18.6 Å². The standard InChI is InChI=1S/C20H28O4/c1-19-10-8-17(21)15(16(19)5-6-18(19)22)7-11-20-9-3-2-4-14(20)12-23-13-24-20/h4,18,22H,2-3,5-13H2,1H3/t18-,19-,20+/m0/s1. The van der Waals surface area contributed by atoms with E-state index >= 15 is 0 Å². The van der Waals surface area contributed by atoms with E-state index in [9.17, 15) is 9.90 Å². The summed E-state index contributed by atoms with van der Waals surface area (Å²) in [6.45, 7) is 3.16. The molecule has 0 amide bonds. The average molecular weight is 332 g/mol. The summed E-state index contributed by atoms with van der Waals surface area (Å²) >= 11 is 0. The molecule has 0 radical (unpaired) electrons. The van der Waals surface area contributed by atoms with Crippen molar-refractivity contribution in [2.75, 3.05) is 13.4 Å². The van der Waals surface area contributed by atoms with Crippen LogP contribution in [0, 0.1) is 5.41 Å². The largest absolute Gasteiger partial charge is 0.392 e. The lowest BCUT2D eigenvalue weighted by Gasteiger charge is -2.43. The third kappa shape index (κ3) is 2.51. The summed E-state index contributed by atoms with van der Waals surface area (Å²) < 4.78 is 11.6. The highest BCUT2D eigenvalue weighted by atomic mass is 16.7. The predicted molar refractivity (Wildman–Crippen MR) is 90.4 cm³/mol. The molecule has 0 spiro atoms. The molecule has 1 heterocycles. The van der Waals surface area contributed by atoms with E-state index in [1.165, 1.54) is 11.1 Å². The number of rotatable bonds is 3. The van der Waals surface area contributed by atoms with E-state index in [1.54, 1.807) is 0 Å². The van der Waals surface area contributed by atoms with Gasteiger partial charge in [-0.2, -0.15) is 0 Å². The first-order chi connectivity index (χ1) is 11.6. The van der Waals surface area contributed by atoms with Crippen LogP contribution in [0.3, 0.4) is 0 Å². The van der Waals surface area contributed by atoms with Crippen molar-refractivity contribution in [3.8, 4) is 0 Å². The van der Waals surface area contributed by atoms with Crippen LogP contribution < -0.4 is 0 Å². The van der Waals surface area contributed by atoms with E-state index in [2.05, 4.69) is 13.0 Å². The third-order valence-corrected chi connectivity index (χ3v) is 6.88. The second-order valence-corrected chi connectivity index (χ2v) is 8.08. The van der Waals surface area contributed by atoms with E-state index in [-0.39, 0.29) is 17.1 Å². The molecule has 3 atom stereocenters. The van der Waals surface area contributed by atoms with Crippen LogP contribution in [0.2, 0.25) is 0 Å². The Labute approximate surface area is 143 Å². The van der Waals surface area contributed by atoms with Gasteiger partial charge >= 0.3 is 0 Å². The third-order valence-electron chi connectivity index (χ3n) is 6.88. The van der Waals surface area contributed by atoms with Crippen LogP contribution in [-0.4, -0.2) is 36.0 Å². The van der Waals surface area contributed by atoms with Gasteiger partial charge in [0.25, 0.3) is 0 Å². The van der Waals surface area contributed by atoms with E-state index in [4.69, 9.17) is 9.47 Å². The van der Waals surface area contributed by atoms with Gasteiger partial charge in [-0.3, -0.25) is 4.79 Å². The summed E-state index contributed by atoms with van der Waals surface area (Å²) in [4.78, 5) is 12.6. The maximum absolute atomic E-state index is 12.6. The summed E-state index contributed by atoms with van der Waals surface area (Å²) in [7, 11) is 0. The highest BCUT2D eigenvalue weighted by Gasteiger charge is 2.47. The lowest BCUT2D eigenvalue weighted by molar-refractivity contribution is -0.167. The predicted octanol–water partition coefficient (Wildman–Crippen LogP) is 3.44. The van der Waals surface area contributed by atoms with E-state index in [0.29, 0.717) is 25.6 Å². The highest BCUT2D eigenvalue weighted by molar-refractivity contribution is 5.97. The molecule has 4 rings (SSSR count). The number of ketones is 1. The van der Waals surface area contributed by atoms with Gasteiger partial charge in [0.2, 0.25) is 0 Å². The lowest BCUT2D eigenvalue weighted by Crippen LogP contribution is -2.43. The van der Waals surface area contributed by atoms with E-state index < -0.39 is 0 Å². The number of aliphatic hydroxyl groups excluding tert-OH is 1. The molecule has 4 heteroatoms. The zero-order valence-electron chi connectivity index (χ0n) is 14.6. The maximum atomic E-state index is 12.6. The van der Waals surface area contributed by atoms with Crippen molar-refractivity contribution in [2.45, 2.75) is 76.4 Å². The maximum Gasteiger partial charge on any atom is 0.158 e. The van der Waals surface area contributed by atoms with Crippen LogP contribution in [0.25, 0.3) is 0 Å². The van der Waals surface area contributed by atoms with Gasteiger partial charge in [0, 0.05) is 11.8 Å². The number of allylic oxidation sites excluding steroid dienone is 2. The second kappa shape index (κ2) is 6.08. The molecular formula is C20H28O4. The summed E-state index contributed by atoms with van der Waals surface area (Å²) in [6.07, 6.45) is 9.91. The highest BCUT2D eigenvalue weighted by Crippen LogP contribution is 2.52. The Morgan fingerprint density at radius 1 is 1.33 bits per heavy atom. The average Bonchev–Trinajstić information content (AvgIpc) is 2.90. The molecule has 1 N–H and O–H groups in total. The number of fused-ring (bicyclic) bond motifs is 2. The summed E-state index contributed by atoms with van der Waals surface area (Å²) in [5.74, 6) is 0.293. The van der Waals surface area contributed by atoms with Crippen LogP contribution in [0.1, 0.15) is 64.7 Å². The van der Waals surface area contributed by atoms with Gasteiger partial charge in [0.05, 0.1) is 18.3 Å². The Bertz CT molecular complexity index is 605. The smallest absolute Gasteiger partial charge is 0.158 e. The van der Waals surface area contributed by atoms with E-state index in [1.807, 2.05) is 0 Å². The number of hydrogen-bond donors (Lipinski definition) is 1. The fourth-order valence-electron chi connectivity index (χ4n) is 5.24. The number of carbonyl (C=O) groups is 1. The minimum Gasteiger partial charge on any atom is -0.392 e. The molecule has 0 aromatic carbocycles. The number of hydrogen-bond acceptors (Lipinski definition) is 4. The number of carbonyl (C=O) groups excluding carboxylic acids is 1. The first-order valence-electron chi connectivity index (χ1n) is 9.40. The zero-order chi connectivity index (χ0) is 16.8. The molecule has 1 aliphatic heterocycles. The molecule has 132 valence electrons. The van der Waals surface area contributed by atoms with Crippen molar-refractivity contribution in [2.24, 2.45) is 5.41 Å². The van der Waals surface area contributed by atoms with Crippen LogP contribution >= 0.6 is 0 Å². The quantitative estimate of drug-likeness (QED) is 0.804. The van der Waals surface area contributed by atoms with Gasteiger partial charge < -0.3 is 14.6 Å². The Morgan fingerprint density at radius 3 is 3.08 bits per heavy atom. The molecule has 3 aliphatic carbocycles. The normalized spacial score (nSPS) is 39.5. The fraction of sp³-hybridized carbons (Fsp3) is 0.750. The Hall–Kier alpha value is -0.970. The molecule has 0 aromatic rings. The fourth-order valence-corrected chi connectivity index (χ4v) is 5.24. The van der Waals surface area contributed by atoms with E-state index in [0.717, 1.165) is 56.9 Å². The van der Waals surface area contributed by atoms with Crippen molar-refractivity contribution < 1.29 is 19.4 Å². The zero-order valence-corrected chi connectivity index (χ0v) is 14.6. The second-order valence-electron chi connectivity index (χ2n) is 8.08. The van der Waals surface area contributed by atoms with Crippen LogP contribution in [-0.2, 0) is 14.3 Å². The Balaban J connectivity index is 1.59. The summed E-state index contributed by atoms with van der Waals surface area (Å²) in [5.41, 5.74) is 3.09. The van der Waals surface area contributed by atoms with Crippen LogP contribution in [0.5, 0.6) is 0 Å². The Morgan fingerprint density at radius 2 is 2.21 bits per heavy atom. The minimum absolute atomic E-state index is 0.178. The molecule has 1 saturated heterocycles. The summed E-state index contributed by atoms with van der Waals surface area (Å²) in [5, 5.41) is 10.4. The topological polar surface area (TPSA) is 55.8 Å². The minimum atomic E-state index is -0.293. The number of Topliss-reactive ketones (excluding diaryl/α,β-unsaturated/α-hetero) is 1. The molecule has 0 unspecified atom stereocenters. The monoisotopic (exact) mass is 332 g/mol. The van der Waals surface area contributed by atoms with Crippen molar-refractivity contribution in [3.63, 3.8) is 0 Å². The van der Waals surface area contributed by atoms with Gasteiger partial charge in [0.1, 0.15) is 6.79 Å². The summed E-state index contributed by atoms with van der Waals surface area (Å²) in [6, 6.07) is 0. The molecule has 2 fully saturated rings. The van der Waals surface area contributed by atoms with Gasteiger partial charge in [0.15, 0.2) is 5.78 Å². The molecule has 4 aliphatic rings.